The van der Waals surface area contributed by atoms with Crippen molar-refractivity contribution in [1.29, 1.82) is 0 Å². The van der Waals surface area contributed by atoms with Crippen molar-refractivity contribution in [2.24, 2.45) is 0 Å². The van der Waals surface area contributed by atoms with Crippen molar-refractivity contribution in [2.45, 2.75) is 6.61 Å². The summed E-state index contributed by atoms with van der Waals surface area (Å²) in [4.78, 5) is 8.10. The number of ether oxygens (including phenoxy) is 1. The van der Waals surface area contributed by atoms with Crippen LogP contribution in [-0.4, -0.2) is 9.97 Å². The second-order valence-electron chi connectivity index (χ2n) is 3.51. The maximum Gasteiger partial charge on any atom is 0.216 e. The second kappa shape index (κ2) is 4.25. The molecule has 0 bridgehead atoms. The number of aromatic nitrogens is 2. The van der Waals surface area contributed by atoms with Gasteiger partial charge in [0.05, 0.1) is 17.3 Å². The Morgan fingerprint density at radius 3 is 3.06 bits per heavy atom. The minimum Gasteiger partial charge on any atom is -0.482 e. The zero-order valence-corrected chi connectivity index (χ0v) is 8.96. The molecule has 0 unspecified atom stereocenters. The van der Waals surface area contributed by atoms with Gasteiger partial charge in [-0.15, -0.1) is 0 Å². The number of para-hydroxylation sites is 1. The number of furan rings is 1. The number of nitrogens with zero attached hydrogens (tertiary/aromatic N) is 2. The lowest BCUT2D eigenvalue weighted by Gasteiger charge is -2.01. The smallest absolute Gasteiger partial charge is 0.216 e. The Kier molecular flexibility index (Phi) is 2.46. The van der Waals surface area contributed by atoms with E-state index in [1.165, 1.54) is 0 Å². The van der Waals surface area contributed by atoms with Crippen molar-refractivity contribution < 1.29 is 9.15 Å². The summed E-state index contributed by atoms with van der Waals surface area (Å²) in [7, 11) is 0. The second-order valence-corrected chi connectivity index (χ2v) is 3.51. The first-order chi connectivity index (χ1) is 8.43. The van der Waals surface area contributed by atoms with E-state index in [1.807, 2.05) is 24.3 Å². The molecule has 0 saturated heterocycles. The molecule has 17 heavy (non-hydrogen) atoms. The summed E-state index contributed by atoms with van der Waals surface area (Å²) in [5.41, 5.74) is 1.54. The first kappa shape index (κ1) is 9.84. The molecule has 2 heterocycles. The molecule has 0 spiro atoms. The summed E-state index contributed by atoms with van der Waals surface area (Å²) in [6.07, 6.45) is 7.67. The van der Waals surface area contributed by atoms with Gasteiger partial charge >= 0.3 is 0 Å². The molecule has 0 aliphatic heterocycles. The molecule has 3 aromatic rings. The van der Waals surface area contributed by atoms with Crippen LogP contribution in [0.5, 0.6) is 5.75 Å². The number of rotatable bonds is 3. The highest BCUT2D eigenvalue weighted by molar-refractivity contribution is 5.83. The van der Waals surface area contributed by atoms with Gasteiger partial charge < -0.3 is 9.15 Å². The van der Waals surface area contributed by atoms with Crippen LogP contribution in [0.25, 0.3) is 11.0 Å². The van der Waals surface area contributed by atoms with Crippen LogP contribution in [0, 0.1) is 6.26 Å². The van der Waals surface area contributed by atoms with E-state index in [0.717, 1.165) is 16.7 Å². The Morgan fingerprint density at radius 1 is 1.24 bits per heavy atom. The molecule has 0 aliphatic rings. The first-order valence-electron chi connectivity index (χ1n) is 5.20. The standard InChI is InChI=1S/C13H9N2O2/c1-2-4-12-11(3-1)13(9-17-12)16-8-10-7-14-5-6-15-10/h1-7H,8H2. The molecule has 3 rings (SSSR count). The van der Waals surface area contributed by atoms with E-state index in [4.69, 9.17) is 9.15 Å². The van der Waals surface area contributed by atoms with Crippen LogP contribution in [0.2, 0.25) is 0 Å². The number of hydrogen-bond donors (Lipinski definition) is 0. The summed E-state index contributed by atoms with van der Waals surface area (Å²) >= 11 is 0. The summed E-state index contributed by atoms with van der Waals surface area (Å²) < 4.78 is 10.8. The minimum absolute atomic E-state index is 0.355. The average molecular weight is 225 g/mol. The lowest BCUT2D eigenvalue weighted by atomic mass is 10.2. The lowest BCUT2D eigenvalue weighted by Crippen LogP contribution is -1.97. The van der Waals surface area contributed by atoms with Crippen LogP contribution in [0.3, 0.4) is 0 Å². The van der Waals surface area contributed by atoms with Gasteiger partial charge in [0.25, 0.3) is 0 Å². The molecular weight excluding hydrogens is 216 g/mol. The quantitative estimate of drug-likeness (QED) is 0.687. The summed E-state index contributed by atoms with van der Waals surface area (Å²) in [5.74, 6) is 0.603. The molecule has 0 aliphatic carbocycles. The van der Waals surface area contributed by atoms with Crippen LogP contribution < -0.4 is 4.74 Å². The molecule has 0 atom stereocenters. The fourth-order valence-corrected chi connectivity index (χ4v) is 1.56. The molecule has 4 heteroatoms. The van der Waals surface area contributed by atoms with Crippen molar-refractivity contribution in [3.05, 3.63) is 54.8 Å². The van der Waals surface area contributed by atoms with E-state index in [9.17, 15) is 0 Å². The van der Waals surface area contributed by atoms with Gasteiger partial charge in [0, 0.05) is 12.4 Å². The topological polar surface area (TPSA) is 48.2 Å². The van der Waals surface area contributed by atoms with Gasteiger partial charge in [0.1, 0.15) is 12.2 Å². The third-order valence-corrected chi connectivity index (χ3v) is 2.37. The van der Waals surface area contributed by atoms with Crippen LogP contribution in [-0.2, 0) is 6.61 Å². The van der Waals surface area contributed by atoms with Gasteiger partial charge in [0.15, 0.2) is 5.75 Å². The third kappa shape index (κ3) is 1.97. The van der Waals surface area contributed by atoms with Crippen molar-refractivity contribution in [3.8, 4) is 5.75 Å². The molecule has 0 amide bonds. The van der Waals surface area contributed by atoms with Gasteiger partial charge in [-0.05, 0) is 12.1 Å². The summed E-state index contributed by atoms with van der Waals surface area (Å²) in [5, 5.41) is 0.913. The molecule has 0 fully saturated rings. The lowest BCUT2D eigenvalue weighted by molar-refractivity contribution is 0.299. The Morgan fingerprint density at radius 2 is 2.18 bits per heavy atom. The van der Waals surface area contributed by atoms with Gasteiger partial charge in [0.2, 0.25) is 6.26 Å². The normalized spacial score (nSPS) is 10.6. The molecule has 0 N–H and O–H groups in total. The average Bonchev–Trinajstić information content (AvgIpc) is 2.81. The van der Waals surface area contributed by atoms with Crippen molar-refractivity contribution in [3.63, 3.8) is 0 Å². The summed E-state index contributed by atoms with van der Waals surface area (Å²) in [6, 6.07) is 7.65. The van der Waals surface area contributed by atoms with E-state index >= 15 is 0 Å². The summed E-state index contributed by atoms with van der Waals surface area (Å²) in [6.45, 7) is 0.355. The van der Waals surface area contributed by atoms with Crippen LogP contribution >= 0.6 is 0 Å². The highest BCUT2D eigenvalue weighted by atomic mass is 16.5. The Hall–Kier alpha value is -2.36. The van der Waals surface area contributed by atoms with E-state index in [-0.39, 0.29) is 0 Å². The molecule has 2 aromatic heterocycles. The molecule has 4 nitrogen and oxygen atoms in total. The highest BCUT2D eigenvalue weighted by Gasteiger charge is 2.07. The third-order valence-electron chi connectivity index (χ3n) is 2.37. The van der Waals surface area contributed by atoms with E-state index in [0.29, 0.717) is 12.4 Å². The van der Waals surface area contributed by atoms with Gasteiger partial charge in [-0.2, -0.15) is 0 Å². The molecular formula is C13H9N2O2. The molecule has 0 saturated carbocycles. The van der Waals surface area contributed by atoms with Gasteiger partial charge in [-0.1, -0.05) is 12.1 Å². The Labute approximate surface area is 97.9 Å². The monoisotopic (exact) mass is 225 g/mol. The van der Waals surface area contributed by atoms with E-state index < -0.39 is 0 Å². The van der Waals surface area contributed by atoms with Crippen molar-refractivity contribution >= 4 is 11.0 Å². The Balaban J connectivity index is 1.82. The van der Waals surface area contributed by atoms with E-state index in [2.05, 4.69) is 16.2 Å². The Bertz CT molecular complexity index is 619. The zero-order chi connectivity index (χ0) is 11.5. The SMILES string of the molecule is [c]1oc2ccccc2c1OCc1cnccn1. The fraction of sp³-hybridized carbons (Fsp3) is 0.0769. The van der Waals surface area contributed by atoms with Crippen LogP contribution in [0.4, 0.5) is 0 Å². The number of fused-ring (bicyclic) bond motifs is 1. The van der Waals surface area contributed by atoms with E-state index in [1.54, 1.807) is 18.6 Å². The fourth-order valence-electron chi connectivity index (χ4n) is 1.56. The zero-order valence-electron chi connectivity index (χ0n) is 8.96. The molecule has 1 radical (unpaired) electrons. The minimum atomic E-state index is 0.355. The predicted molar refractivity (Wildman–Crippen MR) is 61.4 cm³/mol. The van der Waals surface area contributed by atoms with Crippen molar-refractivity contribution in [2.75, 3.05) is 0 Å². The van der Waals surface area contributed by atoms with Gasteiger partial charge in [-0.3, -0.25) is 9.97 Å². The highest BCUT2D eigenvalue weighted by Crippen LogP contribution is 2.27. The number of benzene rings is 1. The predicted octanol–water partition coefficient (Wildman–Crippen LogP) is 2.60. The maximum absolute atomic E-state index is 5.59. The first-order valence-corrected chi connectivity index (χ1v) is 5.20. The largest absolute Gasteiger partial charge is 0.482 e. The maximum atomic E-state index is 5.59. The van der Waals surface area contributed by atoms with Crippen LogP contribution in [0.1, 0.15) is 5.69 Å². The molecule has 83 valence electrons. The van der Waals surface area contributed by atoms with Gasteiger partial charge in [-0.25, -0.2) is 0 Å². The number of hydrogen-bond acceptors (Lipinski definition) is 4. The van der Waals surface area contributed by atoms with Crippen LogP contribution in [0.15, 0.2) is 47.3 Å². The molecule has 1 aromatic carbocycles. The van der Waals surface area contributed by atoms with Crippen molar-refractivity contribution in [1.82, 2.24) is 9.97 Å².